The molecule has 7 heteroatoms. The summed E-state index contributed by atoms with van der Waals surface area (Å²) in [7, 11) is -2.39. The van der Waals surface area contributed by atoms with E-state index in [1.807, 2.05) is 60.7 Å². The molecule has 0 spiro atoms. The second-order valence-corrected chi connectivity index (χ2v) is 8.26. The lowest BCUT2D eigenvalue weighted by Crippen LogP contribution is -2.47. The van der Waals surface area contributed by atoms with Crippen LogP contribution in [-0.2, 0) is 36.3 Å². The van der Waals surface area contributed by atoms with Gasteiger partial charge in [-0.1, -0.05) is 60.7 Å². The van der Waals surface area contributed by atoms with Gasteiger partial charge in [-0.3, -0.25) is 4.57 Å². The summed E-state index contributed by atoms with van der Waals surface area (Å²) in [6.07, 6.45) is -1.38. The third-order valence-corrected chi connectivity index (χ3v) is 6.21. The maximum absolute atomic E-state index is 12.5. The highest BCUT2D eigenvalue weighted by atomic mass is 31.2. The number of aliphatic hydroxyl groups is 1. The molecule has 2 aromatic rings. The Morgan fingerprint density at radius 2 is 1.54 bits per heavy atom. The molecule has 2 aromatic carbocycles. The molecular formula is C19H23O6P. The van der Waals surface area contributed by atoms with Gasteiger partial charge < -0.3 is 23.6 Å². The molecule has 26 heavy (non-hydrogen) atoms. The van der Waals surface area contributed by atoms with E-state index in [1.165, 1.54) is 7.11 Å². The van der Waals surface area contributed by atoms with Crippen molar-refractivity contribution in [1.82, 2.24) is 0 Å². The Balaban J connectivity index is 1.69. The minimum atomic E-state index is -3.65. The van der Waals surface area contributed by atoms with Crippen LogP contribution in [0.5, 0.6) is 0 Å². The van der Waals surface area contributed by atoms with Crippen molar-refractivity contribution in [3.8, 4) is 0 Å². The Kier molecular flexibility index (Phi) is 6.59. The molecule has 0 amide bonds. The molecule has 1 aliphatic heterocycles. The van der Waals surface area contributed by atoms with Gasteiger partial charge in [-0.15, -0.1) is 0 Å². The Hall–Kier alpha value is -1.53. The Morgan fingerprint density at radius 3 is 2.08 bits per heavy atom. The van der Waals surface area contributed by atoms with Crippen LogP contribution in [0.3, 0.4) is 0 Å². The molecule has 3 rings (SSSR count). The van der Waals surface area contributed by atoms with Crippen LogP contribution in [0.15, 0.2) is 60.7 Å². The van der Waals surface area contributed by atoms with E-state index in [-0.39, 0.29) is 13.2 Å². The van der Waals surface area contributed by atoms with Crippen LogP contribution < -0.4 is 0 Å². The van der Waals surface area contributed by atoms with Crippen LogP contribution in [0, 0.1) is 0 Å². The van der Waals surface area contributed by atoms with E-state index in [9.17, 15) is 9.67 Å². The predicted molar refractivity (Wildman–Crippen MR) is 96.6 cm³/mol. The van der Waals surface area contributed by atoms with Crippen molar-refractivity contribution in [2.75, 3.05) is 13.7 Å². The maximum Gasteiger partial charge on any atom is 0.361 e. The lowest BCUT2D eigenvalue weighted by molar-refractivity contribution is -0.145. The van der Waals surface area contributed by atoms with Crippen molar-refractivity contribution in [3.63, 3.8) is 0 Å². The summed E-state index contributed by atoms with van der Waals surface area (Å²) in [5.41, 5.74) is 1.93. The maximum atomic E-state index is 12.5. The molecule has 0 aliphatic carbocycles. The normalized spacial score (nSPS) is 28.8. The average molecular weight is 378 g/mol. The van der Waals surface area contributed by atoms with Gasteiger partial charge in [0.1, 0.15) is 12.2 Å². The monoisotopic (exact) mass is 378 g/mol. The van der Waals surface area contributed by atoms with E-state index in [1.54, 1.807) is 0 Å². The van der Waals surface area contributed by atoms with Gasteiger partial charge in [0.2, 0.25) is 0 Å². The smallest absolute Gasteiger partial charge is 0.361 e. The first-order chi connectivity index (χ1) is 12.6. The van der Waals surface area contributed by atoms with Crippen molar-refractivity contribution in [1.29, 1.82) is 0 Å². The number of aliphatic hydroxyl groups excluding tert-OH is 1. The summed E-state index contributed by atoms with van der Waals surface area (Å²) in [5.74, 6) is -1.41. The molecule has 1 aliphatic rings. The van der Waals surface area contributed by atoms with Crippen molar-refractivity contribution in [2.45, 2.75) is 31.3 Å². The van der Waals surface area contributed by atoms with Gasteiger partial charge in [0.15, 0.2) is 5.85 Å². The lowest BCUT2D eigenvalue weighted by Gasteiger charge is -2.38. The number of ether oxygens (including phenoxy) is 2. The molecule has 1 N–H and O–H groups in total. The van der Waals surface area contributed by atoms with E-state index in [0.29, 0.717) is 6.61 Å². The van der Waals surface area contributed by atoms with Crippen LogP contribution in [0.4, 0.5) is 0 Å². The van der Waals surface area contributed by atoms with Gasteiger partial charge >= 0.3 is 7.60 Å². The Labute approximate surface area is 153 Å². The number of rotatable bonds is 7. The number of benzene rings is 2. The van der Waals surface area contributed by atoms with Gasteiger partial charge in [0, 0.05) is 7.11 Å². The lowest BCUT2D eigenvalue weighted by atomic mass is 10.2. The van der Waals surface area contributed by atoms with Gasteiger partial charge in [0.05, 0.1) is 19.8 Å². The van der Waals surface area contributed by atoms with E-state index >= 15 is 0 Å². The highest BCUT2D eigenvalue weighted by Crippen LogP contribution is 2.56. The Morgan fingerprint density at radius 1 is 1.00 bits per heavy atom. The van der Waals surface area contributed by atoms with Crippen LogP contribution in [0.25, 0.3) is 0 Å². The molecule has 6 nitrogen and oxygen atoms in total. The molecule has 0 bridgehead atoms. The Bertz CT molecular complexity index is 723. The summed E-state index contributed by atoms with van der Waals surface area (Å²) in [4.78, 5) is 0. The highest BCUT2D eigenvalue weighted by Gasteiger charge is 2.49. The van der Waals surface area contributed by atoms with E-state index < -0.39 is 25.6 Å². The summed E-state index contributed by atoms with van der Waals surface area (Å²) < 4.78 is 34.5. The molecule has 0 radical (unpaired) electrons. The first-order valence-corrected chi connectivity index (χ1v) is 10.0. The summed E-state index contributed by atoms with van der Waals surface area (Å²) in [6, 6.07) is 19.2. The zero-order valence-corrected chi connectivity index (χ0v) is 15.5. The highest BCUT2D eigenvalue weighted by molar-refractivity contribution is 7.54. The largest absolute Gasteiger partial charge is 0.378 e. The summed E-state index contributed by atoms with van der Waals surface area (Å²) in [5, 5.41) is 10.5. The topological polar surface area (TPSA) is 74.2 Å². The molecule has 1 saturated heterocycles. The van der Waals surface area contributed by atoms with Crippen molar-refractivity contribution in [3.05, 3.63) is 71.8 Å². The quantitative estimate of drug-likeness (QED) is 0.745. The molecule has 1 heterocycles. The molecular weight excluding hydrogens is 355 g/mol. The zero-order chi connectivity index (χ0) is 18.4. The predicted octanol–water partition coefficient (Wildman–Crippen LogP) is 3.35. The number of hydrogen-bond acceptors (Lipinski definition) is 6. The molecule has 0 unspecified atom stereocenters. The van der Waals surface area contributed by atoms with Gasteiger partial charge in [-0.2, -0.15) is 0 Å². The zero-order valence-electron chi connectivity index (χ0n) is 14.6. The van der Waals surface area contributed by atoms with Gasteiger partial charge in [-0.25, -0.2) is 0 Å². The van der Waals surface area contributed by atoms with Crippen molar-refractivity contribution in [2.24, 2.45) is 0 Å². The second-order valence-electron chi connectivity index (χ2n) is 6.03. The van der Waals surface area contributed by atoms with Crippen molar-refractivity contribution < 1.29 is 28.2 Å². The fourth-order valence-corrected chi connectivity index (χ4v) is 4.23. The molecule has 4 atom stereocenters. The first-order valence-electron chi connectivity index (χ1n) is 8.41. The molecule has 1 fully saturated rings. The average Bonchev–Trinajstić information content (AvgIpc) is 2.70. The molecule has 0 saturated carbocycles. The summed E-state index contributed by atoms with van der Waals surface area (Å²) in [6.45, 7) is 0.621. The second kappa shape index (κ2) is 8.91. The molecule has 140 valence electrons. The first kappa shape index (κ1) is 19.2. The molecule has 0 aromatic heterocycles. The number of hydrogen-bond donors (Lipinski definition) is 1. The van der Waals surface area contributed by atoms with E-state index in [2.05, 4.69) is 0 Å². The van der Waals surface area contributed by atoms with Crippen LogP contribution >= 0.6 is 7.60 Å². The minimum Gasteiger partial charge on any atom is -0.378 e. The van der Waals surface area contributed by atoms with E-state index in [0.717, 1.165) is 11.1 Å². The fourth-order valence-electron chi connectivity index (χ4n) is 2.76. The van der Waals surface area contributed by atoms with Crippen LogP contribution in [0.2, 0.25) is 0 Å². The van der Waals surface area contributed by atoms with E-state index in [4.69, 9.17) is 18.5 Å². The standard InChI is InChI=1S/C19H23O6P/c1-22-26(21)19(20)18(24-13-16-10-6-3-7-11-16)17(14-25-26)23-12-15-8-4-2-5-9-15/h2-11,17-20H,12-14H2,1H3/t17-,18+,19-,26-/m1/s1. The third kappa shape index (κ3) is 4.60. The van der Waals surface area contributed by atoms with Gasteiger partial charge in [-0.05, 0) is 11.1 Å². The fraction of sp³-hybridized carbons (Fsp3) is 0.368. The third-order valence-electron chi connectivity index (χ3n) is 4.25. The van der Waals surface area contributed by atoms with Crippen molar-refractivity contribution >= 4 is 7.60 Å². The van der Waals surface area contributed by atoms with Crippen LogP contribution in [0.1, 0.15) is 11.1 Å². The summed E-state index contributed by atoms with van der Waals surface area (Å²) >= 11 is 0. The minimum absolute atomic E-state index is 0.0223. The SMILES string of the molecule is CO[P@@]1(=O)OC[C@@H](OCc2ccccc2)[C@H](OCc2ccccc2)[C@@H]1O. The van der Waals surface area contributed by atoms with Crippen LogP contribution in [-0.4, -0.2) is 36.9 Å². The van der Waals surface area contributed by atoms with Gasteiger partial charge in [0.25, 0.3) is 0 Å².